The molecule has 0 saturated carbocycles. The monoisotopic (exact) mass is 367 g/mol. The number of hydrogen-bond acceptors (Lipinski definition) is 4. The Hall–Kier alpha value is -0.860. The van der Waals surface area contributed by atoms with Gasteiger partial charge in [0.25, 0.3) is 0 Å². The summed E-state index contributed by atoms with van der Waals surface area (Å²) in [5, 5.41) is 3.30. The van der Waals surface area contributed by atoms with Crippen LogP contribution in [-0.4, -0.2) is 63.3 Å². The number of piperazine rings is 1. The summed E-state index contributed by atoms with van der Waals surface area (Å²) in [5.41, 5.74) is 0. The van der Waals surface area contributed by atoms with Crippen molar-refractivity contribution >= 4 is 39.9 Å². The number of carbonyl (C=O) groups is 1. The van der Waals surface area contributed by atoms with Crippen molar-refractivity contribution in [2.45, 2.75) is 4.90 Å². The third-order valence-electron chi connectivity index (χ3n) is 3.37. The zero-order chi connectivity index (χ0) is 15.5. The van der Waals surface area contributed by atoms with Crippen LogP contribution in [0.2, 0.25) is 5.02 Å². The van der Waals surface area contributed by atoms with E-state index in [2.05, 4.69) is 5.32 Å². The van der Waals surface area contributed by atoms with Crippen molar-refractivity contribution in [2.75, 3.05) is 39.8 Å². The molecule has 1 heterocycles. The fourth-order valence-electron chi connectivity index (χ4n) is 2.20. The molecule has 9 heteroatoms. The van der Waals surface area contributed by atoms with Gasteiger partial charge < -0.3 is 10.2 Å². The standard InChI is InChI=1S/C13H18ClN3O3S.ClH/c1-15-10-13(18)16-6-8-17(9-7-16)21(19,20)12-4-2-11(14)3-5-12;/h2-5,15H,6-10H2,1H3;1H. The predicted octanol–water partition coefficient (Wildman–Crippen LogP) is 0.814. The topological polar surface area (TPSA) is 69.7 Å². The van der Waals surface area contributed by atoms with Crippen molar-refractivity contribution in [3.05, 3.63) is 29.3 Å². The highest BCUT2D eigenvalue weighted by molar-refractivity contribution is 7.89. The molecule has 0 aromatic heterocycles. The first-order valence-corrected chi connectivity index (χ1v) is 8.45. The van der Waals surface area contributed by atoms with Crippen molar-refractivity contribution in [3.63, 3.8) is 0 Å². The van der Waals surface area contributed by atoms with Gasteiger partial charge in [0.1, 0.15) is 0 Å². The Kier molecular flexibility index (Phi) is 7.08. The molecule has 1 saturated heterocycles. The summed E-state index contributed by atoms with van der Waals surface area (Å²) in [7, 11) is -1.81. The Morgan fingerprint density at radius 1 is 1.18 bits per heavy atom. The highest BCUT2D eigenvalue weighted by Crippen LogP contribution is 2.19. The van der Waals surface area contributed by atoms with Crippen LogP contribution in [0, 0.1) is 0 Å². The lowest BCUT2D eigenvalue weighted by Gasteiger charge is -2.34. The number of nitrogens with zero attached hydrogens (tertiary/aromatic N) is 2. The van der Waals surface area contributed by atoms with Crippen molar-refractivity contribution in [3.8, 4) is 0 Å². The minimum absolute atomic E-state index is 0. The Labute approximate surface area is 141 Å². The highest BCUT2D eigenvalue weighted by Gasteiger charge is 2.29. The van der Waals surface area contributed by atoms with E-state index >= 15 is 0 Å². The molecule has 0 aliphatic carbocycles. The lowest BCUT2D eigenvalue weighted by molar-refractivity contribution is -0.131. The highest BCUT2D eigenvalue weighted by atomic mass is 35.5. The fourth-order valence-corrected chi connectivity index (χ4v) is 3.74. The molecule has 0 unspecified atom stereocenters. The zero-order valence-electron chi connectivity index (χ0n) is 12.2. The number of benzene rings is 1. The van der Waals surface area contributed by atoms with E-state index in [1.54, 1.807) is 24.1 Å². The average molecular weight is 368 g/mol. The molecule has 1 N–H and O–H groups in total. The summed E-state index contributed by atoms with van der Waals surface area (Å²) < 4.78 is 26.3. The minimum Gasteiger partial charge on any atom is -0.339 e. The van der Waals surface area contributed by atoms with Gasteiger partial charge in [-0.15, -0.1) is 12.4 Å². The Morgan fingerprint density at radius 3 is 2.23 bits per heavy atom. The lowest BCUT2D eigenvalue weighted by Crippen LogP contribution is -2.52. The molecule has 2 rings (SSSR count). The van der Waals surface area contributed by atoms with Crippen LogP contribution in [-0.2, 0) is 14.8 Å². The molecule has 1 aliphatic rings. The van der Waals surface area contributed by atoms with Crippen LogP contribution < -0.4 is 5.32 Å². The first kappa shape index (κ1) is 19.2. The van der Waals surface area contributed by atoms with E-state index in [1.807, 2.05) is 0 Å². The van der Waals surface area contributed by atoms with Gasteiger partial charge in [-0.05, 0) is 31.3 Å². The second-order valence-corrected chi connectivity index (χ2v) is 7.14. The normalized spacial score (nSPS) is 16.2. The first-order chi connectivity index (χ1) is 9.95. The molecule has 1 aromatic rings. The molecular formula is C13H19Cl2N3O3S. The average Bonchev–Trinajstić information content (AvgIpc) is 2.48. The van der Waals surface area contributed by atoms with Gasteiger partial charge in [0.15, 0.2) is 0 Å². The van der Waals surface area contributed by atoms with Gasteiger partial charge in [0.2, 0.25) is 15.9 Å². The molecule has 0 atom stereocenters. The van der Waals surface area contributed by atoms with Crippen LogP contribution in [0.25, 0.3) is 0 Å². The van der Waals surface area contributed by atoms with E-state index in [4.69, 9.17) is 11.6 Å². The summed E-state index contributed by atoms with van der Waals surface area (Å²) in [5.74, 6) is -0.0129. The summed E-state index contributed by atoms with van der Waals surface area (Å²) in [6.07, 6.45) is 0. The smallest absolute Gasteiger partial charge is 0.243 e. The van der Waals surface area contributed by atoms with Gasteiger partial charge >= 0.3 is 0 Å². The van der Waals surface area contributed by atoms with E-state index in [0.717, 1.165) is 0 Å². The summed E-state index contributed by atoms with van der Waals surface area (Å²) in [4.78, 5) is 13.6. The summed E-state index contributed by atoms with van der Waals surface area (Å²) >= 11 is 5.77. The Morgan fingerprint density at radius 2 is 1.73 bits per heavy atom. The third kappa shape index (κ3) is 4.33. The van der Waals surface area contributed by atoms with Crippen LogP contribution in [0.15, 0.2) is 29.2 Å². The van der Waals surface area contributed by atoms with E-state index in [-0.39, 0.29) is 29.8 Å². The molecule has 22 heavy (non-hydrogen) atoms. The quantitative estimate of drug-likeness (QED) is 0.854. The maximum Gasteiger partial charge on any atom is 0.243 e. The number of sulfonamides is 1. The molecule has 1 amide bonds. The van der Waals surface area contributed by atoms with E-state index in [9.17, 15) is 13.2 Å². The van der Waals surface area contributed by atoms with Crippen LogP contribution in [0.5, 0.6) is 0 Å². The fraction of sp³-hybridized carbons (Fsp3) is 0.462. The predicted molar refractivity (Wildman–Crippen MR) is 88.0 cm³/mol. The van der Waals surface area contributed by atoms with Gasteiger partial charge in [0, 0.05) is 31.2 Å². The van der Waals surface area contributed by atoms with E-state index in [0.29, 0.717) is 31.2 Å². The molecule has 0 bridgehead atoms. The Bertz CT molecular complexity index is 599. The molecule has 0 spiro atoms. The largest absolute Gasteiger partial charge is 0.339 e. The van der Waals surface area contributed by atoms with Crippen LogP contribution >= 0.6 is 24.0 Å². The Balaban J connectivity index is 0.00000242. The van der Waals surface area contributed by atoms with E-state index < -0.39 is 10.0 Å². The van der Waals surface area contributed by atoms with Crippen molar-refractivity contribution in [1.29, 1.82) is 0 Å². The number of hydrogen-bond donors (Lipinski definition) is 1. The number of carbonyl (C=O) groups excluding carboxylic acids is 1. The zero-order valence-corrected chi connectivity index (χ0v) is 14.5. The number of likely N-dealkylation sites (N-methyl/N-ethyl adjacent to an activating group) is 1. The number of amides is 1. The van der Waals surface area contributed by atoms with Gasteiger partial charge in [-0.3, -0.25) is 4.79 Å². The molecule has 6 nitrogen and oxygen atoms in total. The van der Waals surface area contributed by atoms with Gasteiger partial charge in [-0.2, -0.15) is 4.31 Å². The van der Waals surface area contributed by atoms with Crippen LogP contribution in [0.4, 0.5) is 0 Å². The van der Waals surface area contributed by atoms with Gasteiger partial charge in [0.05, 0.1) is 11.4 Å². The summed E-state index contributed by atoms with van der Waals surface area (Å²) in [6, 6.07) is 6.11. The first-order valence-electron chi connectivity index (χ1n) is 6.63. The summed E-state index contributed by atoms with van der Waals surface area (Å²) in [6.45, 7) is 1.70. The number of halogens is 2. The second-order valence-electron chi connectivity index (χ2n) is 4.77. The van der Waals surface area contributed by atoms with Crippen molar-refractivity contribution in [1.82, 2.24) is 14.5 Å². The third-order valence-corrected chi connectivity index (χ3v) is 5.54. The molecule has 1 aromatic carbocycles. The number of rotatable bonds is 4. The molecule has 124 valence electrons. The lowest BCUT2D eigenvalue weighted by atomic mass is 10.3. The number of nitrogens with one attached hydrogen (secondary N) is 1. The van der Waals surface area contributed by atoms with Crippen molar-refractivity contribution in [2.24, 2.45) is 0 Å². The molecule has 0 radical (unpaired) electrons. The maximum atomic E-state index is 12.5. The van der Waals surface area contributed by atoms with Crippen molar-refractivity contribution < 1.29 is 13.2 Å². The molecule has 1 aliphatic heterocycles. The second kappa shape index (κ2) is 8.12. The molecule has 1 fully saturated rings. The SMILES string of the molecule is CNCC(=O)N1CCN(S(=O)(=O)c2ccc(Cl)cc2)CC1.Cl. The van der Waals surface area contributed by atoms with Crippen LogP contribution in [0.1, 0.15) is 0 Å². The molecular weight excluding hydrogens is 349 g/mol. The van der Waals surface area contributed by atoms with Crippen LogP contribution in [0.3, 0.4) is 0 Å². The minimum atomic E-state index is -3.52. The van der Waals surface area contributed by atoms with E-state index in [1.165, 1.54) is 16.4 Å². The van der Waals surface area contributed by atoms with Gasteiger partial charge in [-0.1, -0.05) is 11.6 Å². The van der Waals surface area contributed by atoms with Gasteiger partial charge in [-0.25, -0.2) is 8.42 Å². The maximum absolute atomic E-state index is 12.5.